The van der Waals surface area contributed by atoms with Crippen LogP contribution < -0.4 is 0 Å². The Morgan fingerprint density at radius 2 is 1.92 bits per heavy atom. The molecule has 0 amide bonds. The van der Waals surface area contributed by atoms with Crippen molar-refractivity contribution in [2.24, 2.45) is 0 Å². The van der Waals surface area contributed by atoms with Crippen molar-refractivity contribution in [3.05, 3.63) is 82.7 Å². The Labute approximate surface area is 145 Å². The third kappa shape index (κ3) is 3.71. The van der Waals surface area contributed by atoms with Crippen LogP contribution in [0.15, 0.2) is 55.1 Å². The molecule has 0 atom stereocenters. The first-order valence-corrected chi connectivity index (χ1v) is 7.55. The molecule has 0 spiro atoms. The molecule has 0 bridgehead atoms. The zero-order valence-electron chi connectivity index (χ0n) is 12.7. The minimum atomic E-state index is -4.59. The van der Waals surface area contributed by atoms with Gasteiger partial charge < -0.3 is 4.57 Å². The lowest BCUT2D eigenvalue weighted by molar-refractivity contribution is -0.143. The Balaban J connectivity index is 2.02. The zero-order chi connectivity index (χ0) is 18.0. The molecule has 0 saturated heterocycles. The van der Waals surface area contributed by atoms with Crippen LogP contribution in [0.1, 0.15) is 27.2 Å². The molecule has 1 aromatic carbocycles. The molecule has 0 N–H and O–H groups in total. The van der Waals surface area contributed by atoms with Crippen LogP contribution >= 0.6 is 11.6 Å². The highest BCUT2D eigenvalue weighted by Crippen LogP contribution is 2.32. The summed E-state index contributed by atoms with van der Waals surface area (Å²) in [5, 5.41) is -0.107. The molecular weight excluding hydrogens is 355 g/mol. The molecule has 3 rings (SSSR count). The lowest BCUT2D eigenvalue weighted by atomic mass is 10.1. The van der Waals surface area contributed by atoms with E-state index in [4.69, 9.17) is 11.6 Å². The van der Waals surface area contributed by atoms with Crippen LogP contribution in [-0.4, -0.2) is 20.3 Å². The van der Waals surface area contributed by atoms with E-state index in [0.717, 1.165) is 17.0 Å². The predicted octanol–water partition coefficient (Wildman–Crippen LogP) is 4.23. The van der Waals surface area contributed by atoms with Crippen LogP contribution in [0.2, 0.25) is 5.15 Å². The van der Waals surface area contributed by atoms with Crippen LogP contribution in [0.4, 0.5) is 13.2 Å². The van der Waals surface area contributed by atoms with Crippen molar-refractivity contribution >= 4 is 17.4 Å². The third-order valence-electron chi connectivity index (χ3n) is 3.55. The van der Waals surface area contributed by atoms with Crippen LogP contribution in [0.25, 0.3) is 0 Å². The van der Waals surface area contributed by atoms with E-state index in [9.17, 15) is 18.0 Å². The second kappa shape index (κ2) is 6.68. The van der Waals surface area contributed by atoms with E-state index in [2.05, 4.69) is 9.97 Å². The van der Waals surface area contributed by atoms with E-state index in [-0.39, 0.29) is 22.8 Å². The molecule has 0 unspecified atom stereocenters. The van der Waals surface area contributed by atoms with Crippen LogP contribution in [0.5, 0.6) is 0 Å². The number of halogens is 4. The SMILES string of the molecule is O=C(c1cc(C(F)(F)F)n(Cc2ccccc2)c1)c1cncnc1Cl. The molecule has 25 heavy (non-hydrogen) atoms. The summed E-state index contributed by atoms with van der Waals surface area (Å²) in [4.78, 5) is 19.8. The highest BCUT2D eigenvalue weighted by Gasteiger charge is 2.35. The molecule has 0 saturated carbocycles. The number of rotatable bonds is 4. The molecule has 3 aromatic rings. The number of carbonyl (C=O) groups excluding carboxylic acids is 1. The van der Waals surface area contributed by atoms with Gasteiger partial charge in [0.2, 0.25) is 0 Å². The number of ketones is 1. The number of hydrogen-bond donors (Lipinski definition) is 0. The molecule has 0 aliphatic carbocycles. The smallest absolute Gasteiger partial charge is 0.339 e. The van der Waals surface area contributed by atoms with Crippen molar-refractivity contribution < 1.29 is 18.0 Å². The van der Waals surface area contributed by atoms with E-state index >= 15 is 0 Å². The summed E-state index contributed by atoms with van der Waals surface area (Å²) in [6.45, 7) is -0.0119. The summed E-state index contributed by atoms with van der Waals surface area (Å²) in [6, 6.07) is 9.48. The molecule has 8 heteroatoms. The van der Waals surface area contributed by atoms with Crippen molar-refractivity contribution in [2.45, 2.75) is 12.7 Å². The fourth-order valence-corrected chi connectivity index (χ4v) is 2.59. The van der Waals surface area contributed by atoms with Crippen molar-refractivity contribution in [3.8, 4) is 0 Å². The predicted molar refractivity (Wildman–Crippen MR) is 85.5 cm³/mol. The van der Waals surface area contributed by atoms with Crippen LogP contribution in [0, 0.1) is 0 Å². The number of hydrogen-bond acceptors (Lipinski definition) is 3. The third-order valence-corrected chi connectivity index (χ3v) is 3.85. The molecule has 2 aromatic heterocycles. The fourth-order valence-electron chi connectivity index (χ4n) is 2.41. The van der Waals surface area contributed by atoms with Gasteiger partial charge in [0.1, 0.15) is 17.2 Å². The van der Waals surface area contributed by atoms with E-state index in [1.54, 1.807) is 30.3 Å². The largest absolute Gasteiger partial charge is 0.431 e. The minimum absolute atomic E-state index is 0.0119. The summed E-state index contributed by atoms with van der Waals surface area (Å²) < 4.78 is 41.0. The lowest BCUT2D eigenvalue weighted by Gasteiger charge is -2.11. The van der Waals surface area contributed by atoms with Crippen molar-refractivity contribution in [3.63, 3.8) is 0 Å². The van der Waals surface area contributed by atoms with Crippen molar-refractivity contribution in [2.75, 3.05) is 0 Å². The van der Waals surface area contributed by atoms with Gasteiger partial charge in [0.15, 0.2) is 5.78 Å². The van der Waals surface area contributed by atoms with Gasteiger partial charge in [-0.1, -0.05) is 41.9 Å². The molecule has 0 aliphatic heterocycles. The van der Waals surface area contributed by atoms with Gasteiger partial charge in [0, 0.05) is 24.5 Å². The van der Waals surface area contributed by atoms with Gasteiger partial charge in [0.25, 0.3) is 0 Å². The zero-order valence-corrected chi connectivity index (χ0v) is 13.4. The first kappa shape index (κ1) is 17.2. The van der Waals surface area contributed by atoms with E-state index in [1.807, 2.05) is 0 Å². The van der Waals surface area contributed by atoms with Gasteiger partial charge in [0.05, 0.1) is 5.56 Å². The van der Waals surface area contributed by atoms with Crippen LogP contribution in [0.3, 0.4) is 0 Å². The van der Waals surface area contributed by atoms with Crippen molar-refractivity contribution in [1.82, 2.24) is 14.5 Å². The minimum Gasteiger partial charge on any atom is -0.339 e. The maximum absolute atomic E-state index is 13.3. The summed E-state index contributed by atoms with van der Waals surface area (Å²) in [6.07, 6.45) is -1.09. The number of alkyl halides is 3. The highest BCUT2D eigenvalue weighted by molar-refractivity contribution is 6.33. The normalized spacial score (nSPS) is 11.5. The molecule has 4 nitrogen and oxygen atoms in total. The number of carbonyl (C=O) groups is 1. The summed E-state index contributed by atoms with van der Waals surface area (Å²) in [7, 11) is 0. The fraction of sp³-hybridized carbons (Fsp3) is 0.118. The van der Waals surface area contributed by atoms with Gasteiger partial charge in [-0.3, -0.25) is 4.79 Å². The Hall–Kier alpha value is -2.67. The highest BCUT2D eigenvalue weighted by atomic mass is 35.5. The number of aromatic nitrogens is 3. The Kier molecular flexibility index (Phi) is 4.59. The summed E-state index contributed by atoms with van der Waals surface area (Å²) in [5.41, 5.74) is -0.397. The Bertz CT molecular complexity index is 907. The quantitative estimate of drug-likeness (QED) is 0.513. The standard InChI is InChI=1S/C17H11ClF3N3O/c18-16-13(7-22-10-23-16)15(25)12-6-14(17(19,20)21)24(9-12)8-11-4-2-1-3-5-11/h1-7,9-10H,8H2. The first-order valence-electron chi connectivity index (χ1n) is 7.18. The van der Waals surface area contributed by atoms with E-state index < -0.39 is 17.7 Å². The second-order valence-corrected chi connectivity index (χ2v) is 5.64. The average Bonchev–Trinajstić information content (AvgIpc) is 3.00. The maximum atomic E-state index is 13.3. The van der Waals surface area contributed by atoms with Gasteiger partial charge in [-0.05, 0) is 11.6 Å². The monoisotopic (exact) mass is 365 g/mol. The summed E-state index contributed by atoms with van der Waals surface area (Å²) in [5.74, 6) is -0.664. The number of benzene rings is 1. The van der Waals surface area contributed by atoms with Gasteiger partial charge in [-0.25, -0.2) is 9.97 Å². The van der Waals surface area contributed by atoms with Crippen molar-refractivity contribution in [1.29, 1.82) is 0 Å². The molecule has 0 aliphatic rings. The average molecular weight is 366 g/mol. The van der Waals surface area contributed by atoms with Gasteiger partial charge >= 0.3 is 6.18 Å². The van der Waals surface area contributed by atoms with Gasteiger partial charge in [-0.2, -0.15) is 13.2 Å². The lowest BCUT2D eigenvalue weighted by Crippen LogP contribution is -2.13. The van der Waals surface area contributed by atoms with Crippen LogP contribution in [-0.2, 0) is 12.7 Å². The number of nitrogens with zero attached hydrogens (tertiary/aromatic N) is 3. The summed E-state index contributed by atoms with van der Waals surface area (Å²) >= 11 is 5.83. The Morgan fingerprint density at radius 1 is 1.20 bits per heavy atom. The van der Waals surface area contributed by atoms with E-state index in [0.29, 0.717) is 5.56 Å². The first-order chi connectivity index (χ1) is 11.9. The van der Waals surface area contributed by atoms with Gasteiger partial charge in [-0.15, -0.1) is 0 Å². The Morgan fingerprint density at radius 3 is 2.56 bits per heavy atom. The molecule has 0 fully saturated rings. The molecule has 0 radical (unpaired) electrons. The topological polar surface area (TPSA) is 47.8 Å². The molecule has 128 valence electrons. The molecule has 2 heterocycles. The van der Waals surface area contributed by atoms with E-state index in [1.165, 1.54) is 12.4 Å². The maximum Gasteiger partial charge on any atom is 0.431 e. The second-order valence-electron chi connectivity index (χ2n) is 5.28. The molecular formula is C17H11ClF3N3O.